The van der Waals surface area contributed by atoms with Crippen molar-refractivity contribution in [1.82, 2.24) is 0 Å². The molecule has 0 aromatic heterocycles. The van der Waals surface area contributed by atoms with Gasteiger partial charge >= 0.3 is 0 Å². The average molecular weight is 281 g/mol. The van der Waals surface area contributed by atoms with Crippen LogP contribution in [-0.2, 0) is 0 Å². The van der Waals surface area contributed by atoms with E-state index < -0.39 is 4.92 Å². The number of aryl methyl sites for hydroxylation is 2. The number of allylic oxidation sites excluding steroid dienone is 1. The molecular formula is C17H15NO3. The summed E-state index contributed by atoms with van der Waals surface area (Å²) in [5.74, 6) is -0.250. The van der Waals surface area contributed by atoms with E-state index in [1.54, 1.807) is 25.1 Å². The van der Waals surface area contributed by atoms with E-state index >= 15 is 0 Å². The Hall–Kier alpha value is -2.75. The van der Waals surface area contributed by atoms with Crippen molar-refractivity contribution in [3.05, 3.63) is 80.9 Å². The highest BCUT2D eigenvalue weighted by Gasteiger charge is 2.13. The third-order valence-electron chi connectivity index (χ3n) is 3.16. The molecule has 0 saturated carbocycles. The number of carbonyl (C=O) groups is 1. The van der Waals surface area contributed by atoms with E-state index in [1.165, 1.54) is 12.1 Å². The summed E-state index contributed by atoms with van der Waals surface area (Å²) in [4.78, 5) is 22.5. The van der Waals surface area contributed by atoms with Crippen molar-refractivity contribution in [2.45, 2.75) is 13.8 Å². The molecule has 0 spiro atoms. The minimum atomic E-state index is -0.476. The van der Waals surface area contributed by atoms with Gasteiger partial charge in [-0.25, -0.2) is 0 Å². The summed E-state index contributed by atoms with van der Waals surface area (Å²) in [6, 6.07) is 12.3. The van der Waals surface area contributed by atoms with Crippen LogP contribution >= 0.6 is 0 Å². The first-order valence-corrected chi connectivity index (χ1v) is 6.51. The molecule has 4 nitrogen and oxygen atoms in total. The van der Waals surface area contributed by atoms with Crippen LogP contribution in [-0.4, -0.2) is 10.7 Å². The summed E-state index contributed by atoms with van der Waals surface area (Å²) in [7, 11) is 0. The number of carbonyl (C=O) groups excluding carboxylic acids is 1. The zero-order chi connectivity index (χ0) is 15.4. The highest BCUT2D eigenvalue weighted by Crippen LogP contribution is 2.20. The maximum atomic E-state index is 12.1. The maximum Gasteiger partial charge on any atom is 0.273 e. The van der Waals surface area contributed by atoms with E-state index in [2.05, 4.69) is 0 Å². The quantitative estimate of drug-likeness (QED) is 0.367. The van der Waals surface area contributed by atoms with E-state index in [9.17, 15) is 14.9 Å². The fourth-order valence-electron chi connectivity index (χ4n) is 2.00. The molecule has 4 heteroatoms. The van der Waals surface area contributed by atoms with Crippen molar-refractivity contribution >= 4 is 17.5 Å². The molecule has 0 bridgehead atoms. The largest absolute Gasteiger partial charge is 0.289 e. The van der Waals surface area contributed by atoms with Crippen molar-refractivity contribution in [2.24, 2.45) is 0 Å². The number of nitro groups is 1. The SMILES string of the molecule is Cc1cccc(C=CC(=O)c2ccc(C)c([N+](=O)[O-])c2)c1. The highest BCUT2D eigenvalue weighted by molar-refractivity contribution is 6.07. The van der Waals surface area contributed by atoms with Gasteiger partial charge in [0.05, 0.1) is 4.92 Å². The molecule has 2 rings (SSSR count). The molecular weight excluding hydrogens is 266 g/mol. The Morgan fingerprint density at radius 3 is 2.57 bits per heavy atom. The second kappa shape index (κ2) is 6.13. The predicted octanol–water partition coefficient (Wildman–Crippen LogP) is 4.11. The fraction of sp³-hybridized carbons (Fsp3) is 0.118. The molecule has 2 aromatic rings. The molecule has 0 fully saturated rings. The van der Waals surface area contributed by atoms with Crippen LogP contribution < -0.4 is 0 Å². The van der Waals surface area contributed by atoms with Gasteiger partial charge in [-0.05, 0) is 25.5 Å². The van der Waals surface area contributed by atoms with E-state index in [0.717, 1.165) is 11.1 Å². The number of rotatable bonds is 4. The van der Waals surface area contributed by atoms with Crippen LogP contribution in [0.2, 0.25) is 0 Å². The van der Waals surface area contributed by atoms with Gasteiger partial charge in [-0.15, -0.1) is 0 Å². The van der Waals surface area contributed by atoms with Crippen LogP contribution in [0.15, 0.2) is 48.5 Å². The van der Waals surface area contributed by atoms with E-state index in [0.29, 0.717) is 11.1 Å². The second-order valence-corrected chi connectivity index (χ2v) is 4.87. The molecule has 0 saturated heterocycles. The molecule has 0 aliphatic heterocycles. The topological polar surface area (TPSA) is 60.2 Å². The van der Waals surface area contributed by atoms with Crippen molar-refractivity contribution < 1.29 is 9.72 Å². The van der Waals surface area contributed by atoms with Gasteiger partial charge in [0.1, 0.15) is 0 Å². The second-order valence-electron chi connectivity index (χ2n) is 4.87. The van der Waals surface area contributed by atoms with Gasteiger partial charge in [-0.2, -0.15) is 0 Å². The Kier molecular flexibility index (Phi) is 4.28. The summed E-state index contributed by atoms with van der Waals surface area (Å²) >= 11 is 0. The van der Waals surface area contributed by atoms with Gasteiger partial charge in [0.15, 0.2) is 5.78 Å². The summed E-state index contributed by atoms with van der Waals surface area (Å²) in [6.45, 7) is 3.62. The molecule has 0 radical (unpaired) electrons. The van der Waals surface area contributed by atoms with Gasteiger partial charge in [-0.1, -0.05) is 48.0 Å². The van der Waals surface area contributed by atoms with Crippen molar-refractivity contribution in [1.29, 1.82) is 0 Å². The van der Waals surface area contributed by atoms with Crippen molar-refractivity contribution in [3.8, 4) is 0 Å². The van der Waals surface area contributed by atoms with Gasteiger partial charge in [0, 0.05) is 17.2 Å². The monoisotopic (exact) mass is 281 g/mol. The lowest BCUT2D eigenvalue weighted by Gasteiger charge is -2.00. The van der Waals surface area contributed by atoms with Crippen LogP contribution in [0.1, 0.15) is 27.0 Å². The predicted molar refractivity (Wildman–Crippen MR) is 82.4 cm³/mol. The van der Waals surface area contributed by atoms with Gasteiger partial charge in [-0.3, -0.25) is 14.9 Å². The summed E-state index contributed by atoms with van der Waals surface area (Å²) < 4.78 is 0. The molecule has 106 valence electrons. The zero-order valence-electron chi connectivity index (χ0n) is 11.9. The van der Waals surface area contributed by atoms with E-state index in [1.807, 2.05) is 31.2 Å². The molecule has 0 unspecified atom stereocenters. The number of nitro benzene ring substituents is 1. The summed E-state index contributed by atoms with van der Waals surface area (Å²) in [6.07, 6.45) is 3.14. The molecule has 0 aliphatic rings. The number of hydrogen-bond donors (Lipinski definition) is 0. The van der Waals surface area contributed by atoms with Crippen LogP contribution in [0.5, 0.6) is 0 Å². The summed E-state index contributed by atoms with van der Waals surface area (Å²) in [5.41, 5.74) is 2.85. The summed E-state index contributed by atoms with van der Waals surface area (Å²) in [5, 5.41) is 10.9. The van der Waals surface area contributed by atoms with Crippen LogP contribution in [0.3, 0.4) is 0 Å². The van der Waals surface area contributed by atoms with Crippen LogP contribution in [0.4, 0.5) is 5.69 Å². The van der Waals surface area contributed by atoms with E-state index in [4.69, 9.17) is 0 Å². The lowest BCUT2D eigenvalue weighted by atomic mass is 10.1. The lowest BCUT2D eigenvalue weighted by Crippen LogP contribution is -1.98. The Morgan fingerprint density at radius 1 is 1.14 bits per heavy atom. The first kappa shape index (κ1) is 14.7. The number of ketones is 1. The number of hydrogen-bond acceptors (Lipinski definition) is 3. The third kappa shape index (κ3) is 3.63. The smallest absolute Gasteiger partial charge is 0.273 e. The zero-order valence-corrected chi connectivity index (χ0v) is 11.9. The van der Waals surface area contributed by atoms with Gasteiger partial charge < -0.3 is 0 Å². The molecule has 21 heavy (non-hydrogen) atoms. The Labute approximate surface area is 122 Å². The van der Waals surface area contributed by atoms with E-state index in [-0.39, 0.29) is 11.5 Å². The first-order chi connectivity index (χ1) is 9.97. The van der Waals surface area contributed by atoms with Crippen LogP contribution in [0.25, 0.3) is 6.08 Å². The highest BCUT2D eigenvalue weighted by atomic mass is 16.6. The Bertz CT molecular complexity index is 733. The van der Waals surface area contributed by atoms with Gasteiger partial charge in [0.25, 0.3) is 5.69 Å². The Morgan fingerprint density at radius 2 is 1.90 bits per heavy atom. The van der Waals surface area contributed by atoms with Crippen molar-refractivity contribution in [3.63, 3.8) is 0 Å². The normalized spacial score (nSPS) is 10.8. The lowest BCUT2D eigenvalue weighted by molar-refractivity contribution is -0.385. The Balaban J connectivity index is 2.25. The van der Waals surface area contributed by atoms with Gasteiger partial charge in [0.2, 0.25) is 0 Å². The first-order valence-electron chi connectivity index (χ1n) is 6.51. The third-order valence-corrected chi connectivity index (χ3v) is 3.16. The standard InChI is InChI=1S/C17H15NO3/c1-12-4-3-5-14(10-12)7-9-17(19)15-8-6-13(2)16(11-15)18(20)21/h3-11H,1-2H3. The average Bonchev–Trinajstić information content (AvgIpc) is 2.45. The molecule has 0 amide bonds. The number of benzene rings is 2. The molecule has 2 aromatic carbocycles. The molecule has 0 atom stereocenters. The minimum absolute atomic E-state index is 0.0372. The molecule has 0 aliphatic carbocycles. The fourth-order valence-corrected chi connectivity index (χ4v) is 2.00. The molecule has 0 heterocycles. The minimum Gasteiger partial charge on any atom is -0.289 e. The van der Waals surface area contributed by atoms with Crippen molar-refractivity contribution in [2.75, 3.05) is 0 Å². The molecule has 0 N–H and O–H groups in total. The number of nitrogens with zero attached hydrogens (tertiary/aromatic N) is 1. The van der Waals surface area contributed by atoms with Crippen LogP contribution in [0, 0.1) is 24.0 Å². The maximum absolute atomic E-state index is 12.1.